The Hall–Kier alpha value is -0.200. The van der Waals surface area contributed by atoms with Crippen molar-refractivity contribution in [1.29, 1.82) is 0 Å². The van der Waals surface area contributed by atoms with Crippen LogP contribution in [0.5, 0.6) is 0 Å². The molecule has 0 rings (SSSR count). The van der Waals surface area contributed by atoms with Crippen LogP contribution in [-0.2, 0) is 9.88 Å². The molecule has 0 aromatic carbocycles. The van der Waals surface area contributed by atoms with Gasteiger partial charge in [0.1, 0.15) is 56.4 Å². The van der Waals surface area contributed by atoms with Gasteiger partial charge >= 0.3 is 0 Å². The monoisotopic (exact) mass is 194 g/mol. The highest BCUT2D eigenvalue weighted by atomic mass is 17.1. The van der Waals surface area contributed by atoms with E-state index in [1.54, 1.807) is 0 Å². The van der Waals surface area contributed by atoms with Crippen LogP contribution in [0.25, 0.3) is 0 Å². The maximum absolute atomic E-state index is 5.64. The van der Waals surface area contributed by atoms with Crippen LogP contribution in [0.3, 0.4) is 0 Å². The van der Waals surface area contributed by atoms with E-state index in [0.29, 0.717) is 9.29 Å². The Balaban J connectivity index is 4.25. The second-order valence-corrected chi connectivity index (χ2v) is 5.19. The van der Waals surface area contributed by atoms with Crippen LogP contribution in [0.15, 0.2) is 0 Å². The van der Waals surface area contributed by atoms with Gasteiger partial charge in [-0.1, -0.05) is 0 Å². The van der Waals surface area contributed by atoms with Crippen molar-refractivity contribution >= 4 is 0 Å². The lowest BCUT2D eigenvalue weighted by Crippen LogP contribution is -2.56. The van der Waals surface area contributed by atoms with Gasteiger partial charge in [-0.25, -0.2) is 0 Å². The lowest BCUT2D eigenvalue weighted by Gasteiger charge is -2.31. The summed E-state index contributed by atoms with van der Waals surface area (Å²) in [7, 11) is 15.4. The van der Waals surface area contributed by atoms with E-state index in [0.717, 1.165) is 0 Å². The third-order valence-corrected chi connectivity index (χ3v) is 0.883. The summed E-state index contributed by atoms with van der Waals surface area (Å²) in [4.78, 5) is 11.3. The molecule has 0 N–H and O–H groups in total. The molecular weight excluding hydrogens is 170 g/mol. The van der Waals surface area contributed by atoms with Gasteiger partial charge in [0, 0.05) is 9.88 Å². The van der Waals surface area contributed by atoms with Gasteiger partial charge in [-0.15, -0.1) is 9.29 Å². The molecule has 0 radical (unpaired) electrons. The Morgan fingerprint density at radius 1 is 0.538 bits per heavy atom. The number of nitrogens with zero attached hydrogens (tertiary/aromatic N) is 3. The van der Waals surface area contributed by atoms with Crippen molar-refractivity contribution in [2.24, 2.45) is 0 Å². The summed E-state index contributed by atoms with van der Waals surface area (Å²) >= 11 is 0. The van der Waals surface area contributed by atoms with Crippen molar-refractivity contribution in [3.05, 3.63) is 0 Å². The lowest BCUT2D eigenvalue weighted by atomic mass is 10.9. The maximum atomic E-state index is 5.64. The minimum atomic E-state index is 0.0625. The normalized spacial score (nSPS) is 14.8. The first-order valence-corrected chi connectivity index (χ1v) is 4.31. The lowest BCUT2D eigenvalue weighted by molar-refractivity contribution is -1.47. The van der Waals surface area contributed by atoms with Crippen LogP contribution < -0.4 is 0 Å². The zero-order valence-corrected chi connectivity index (χ0v) is 10.2. The van der Waals surface area contributed by atoms with Crippen molar-refractivity contribution in [1.82, 2.24) is 0 Å². The first kappa shape index (κ1) is 12.8. The molecule has 0 unspecified atom stereocenters. The van der Waals surface area contributed by atoms with E-state index in [2.05, 4.69) is 0 Å². The first-order chi connectivity index (χ1) is 5.41. The van der Waals surface area contributed by atoms with Crippen LogP contribution in [0.4, 0.5) is 0 Å². The summed E-state index contributed by atoms with van der Waals surface area (Å²) in [5.41, 5.74) is 0. The van der Waals surface area contributed by atoms with Crippen molar-refractivity contribution in [2.45, 2.75) is 0 Å². The van der Waals surface area contributed by atoms with Gasteiger partial charge in [-0.2, -0.15) is 0 Å². The minimum Gasteiger partial charge on any atom is -0.131 e. The van der Waals surface area contributed by atoms with E-state index in [1.807, 2.05) is 56.4 Å². The summed E-state index contributed by atoms with van der Waals surface area (Å²) in [6, 6.07) is 0. The van der Waals surface area contributed by atoms with Gasteiger partial charge in [0.05, 0.1) is 4.81 Å². The summed E-state index contributed by atoms with van der Waals surface area (Å²) < 4.78 is 0.792. The summed E-state index contributed by atoms with van der Waals surface area (Å²) in [6.45, 7) is 0. The van der Waals surface area contributed by atoms with E-state index >= 15 is 0 Å². The van der Waals surface area contributed by atoms with E-state index < -0.39 is 0 Å². The zero-order valence-electron chi connectivity index (χ0n) is 10.2. The molecule has 80 valence electrons. The number of quaternary nitrogens is 3. The minimum absolute atomic E-state index is 0.0625. The van der Waals surface area contributed by atoms with Gasteiger partial charge in [0.25, 0.3) is 0 Å². The molecule has 0 saturated heterocycles. The molecule has 0 atom stereocenters. The van der Waals surface area contributed by atoms with Crippen LogP contribution >= 0.6 is 0 Å². The van der Waals surface area contributed by atoms with Gasteiger partial charge in [0.2, 0.25) is 0 Å². The Morgan fingerprint density at radius 3 is 0.923 bits per heavy atom. The molecule has 5 heteroatoms. The third-order valence-electron chi connectivity index (χ3n) is 0.883. The summed E-state index contributed by atoms with van der Waals surface area (Å²) in [6.07, 6.45) is 0. The molecular formula is C8H24N3O2+3. The molecule has 0 fully saturated rings. The van der Waals surface area contributed by atoms with Crippen LogP contribution in [0, 0.1) is 0 Å². The first-order valence-electron chi connectivity index (χ1n) is 4.31. The largest absolute Gasteiger partial charge is 0.144 e. The topological polar surface area (TPSA) is 18.5 Å². The van der Waals surface area contributed by atoms with Crippen molar-refractivity contribution < 1.29 is 24.0 Å². The second-order valence-electron chi connectivity index (χ2n) is 5.19. The molecule has 0 bridgehead atoms. The molecule has 13 heavy (non-hydrogen) atoms. The molecule has 5 nitrogen and oxygen atoms in total. The average Bonchev–Trinajstić information content (AvgIpc) is 1.43. The SMILES string of the molecule is C[N+](C)(C)O[N+](C)(C)O[N+](C)(C)C. The third kappa shape index (κ3) is 8.14. The van der Waals surface area contributed by atoms with Crippen LogP contribution in [0.2, 0.25) is 0 Å². The molecule has 0 aromatic heterocycles. The molecule has 0 aliphatic heterocycles. The fourth-order valence-corrected chi connectivity index (χ4v) is 1.19. The molecule has 0 spiro atoms. The van der Waals surface area contributed by atoms with Gasteiger partial charge in [-0.05, 0) is 0 Å². The predicted octanol–water partition coefficient (Wildman–Crippen LogP) is 0.168. The summed E-state index contributed by atoms with van der Waals surface area (Å²) in [5, 5.41) is 0. The zero-order chi connectivity index (χ0) is 10.9. The molecule has 0 aliphatic carbocycles. The number of hydrogen-bond donors (Lipinski definition) is 0. The highest BCUT2D eigenvalue weighted by Gasteiger charge is 2.36. The Morgan fingerprint density at radius 2 is 0.769 bits per heavy atom. The molecule has 0 heterocycles. The van der Waals surface area contributed by atoms with E-state index in [4.69, 9.17) is 9.88 Å². The molecule has 0 amide bonds. The van der Waals surface area contributed by atoms with E-state index in [-0.39, 0.29) is 4.81 Å². The Labute approximate surface area is 81.2 Å². The average molecular weight is 194 g/mol. The Bertz CT molecular complexity index is 149. The highest BCUT2D eigenvalue weighted by molar-refractivity contribution is 3.81. The number of hydrogen-bond acceptors (Lipinski definition) is 2. The standard InChI is InChI=1S/C8H24N3O2/c1-9(2,3)12-11(7,8)13-10(4,5)6/h1-8H3/q+3. The smallest absolute Gasteiger partial charge is 0.131 e. The van der Waals surface area contributed by atoms with E-state index in [1.165, 1.54) is 0 Å². The van der Waals surface area contributed by atoms with Gasteiger partial charge in [-0.3, -0.25) is 0 Å². The van der Waals surface area contributed by atoms with Crippen molar-refractivity contribution in [3.8, 4) is 0 Å². The molecule has 0 saturated carbocycles. The van der Waals surface area contributed by atoms with Crippen LogP contribution in [0.1, 0.15) is 0 Å². The van der Waals surface area contributed by atoms with Gasteiger partial charge < -0.3 is 0 Å². The molecule has 0 aromatic rings. The van der Waals surface area contributed by atoms with Crippen molar-refractivity contribution in [2.75, 3.05) is 56.4 Å². The van der Waals surface area contributed by atoms with Crippen LogP contribution in [-0.4, -0.2) is 70.5 Å². The quantitative estimate of drug-likeness (QED) is 0.469. The predicted molar refractivity (Wildman–Crippen MR) is 50.3 cm³/mol. The highest BCUT2D eigenvalue weighted by Crippen LogP contribution is 2.10. The summed E-state index contributed by atoms with van der Waals surface area (Å²) in [5.74, 6) is 0. The Kier molecular flexibility index (Phi) is 3.46. The number of rotatable bonds is 4. The maximum Gasteiger partial charge on any atom is 0.144 e. The second kappa shape index (κ2) is 3.51. The fraction of sp³-hybridized carbons (Fsp3) is 1.00. The van der Waals surface area contributed by atoms with Crippen molar-refractivity contribution in [3.63, 3.8) is 0 Å². The fourth-order valence-electron chi connectivity index (χ4n) is 1.19. The molecule has 0 aliphatic rings. The van der Waals surface area contributed by atoms with Gasteiger partial charge in [0.15, 0.2) is 0 Å². The number of hydroxylamine groups is 10. The van der Waals surface area contributed by atoms with E-state index in [9.17, 15) is 0 Å².